The Morgan fingerprint density at radius 1 is 1.19 bits per heavy atom. The summed E-state index contributed by atoms with van der Waals surface area (Å²) in [5.74, 6) is 2.86. The number of aliphatic hydroxyl groups excluding tert-OH is 1. The second kappa shape index (κ2) is 7.59. The molecule has 0 aliphatic carbocycles. The topological polar surface area (TPSA) is 70.1 Å². The van der Waals surface area contributed by atoms with Crippen molar-refractivity contribution in [1.29, 1.82) is 0 Å². The maximum absolute atomic E-state index is 9.18. The van der Waals surface area contributed by atoms with Gasteiger partial charge in [-0.05, 0) is 33.6 Å². The Kier molecular flexibility index (Phi) is 6.40. The van der Waals surface area contributed by atoms with Gasteiger partial charge in [0.05, 0.1) is 0 Å². The van der Waals surface area contributed by atoms with Crippen LogP contribution in [-0.2, 0) is 0 Å². The van der Waals surface area contributed by atoms with E-state index in [1.165, 1.54) is 0 Å². The van der Waals surface area contributed by atoms with Crippen LogP contribution in [0.3, 0.4) is 0 Å². The van der Waals surface area contributed by atoms with E-state index < -0.39 is 0 Å². The minimum atomic E-state index is -0.204. The summed E-state index contributed by atoms with van der Waals surface area (Å²) in [6.07, 6.45) is 1.73. The van der Waals surface area contributed by atoms with E-state index in [0.717, 1.165) is 36.0 Å². The summed E-state index contributed by atoms with van der Waals surface area (Å²) < 4.78 is 0. The standard InChI is InChI=1S/C16H30N4O/c1-7-9-17-14-12(4)15(19-13(18-14)11(2)3)20-16(5,6)8-10-21/h11,21H,7-10H2,1-6H3,(H2,17,18,19,20). The lowest BCUT2D eigenvalue weighted by Crippen LogP contribution is -2.33. The summed E-state index contributed by atoms with van der Waals surface area (Å²) >= 11 is 0. The summed E-state index contributed by atoms with van der Waals surface area (Å²) in [7, 11) is 0. The van der Waals surface area contributed by atoms with Gasteiger partial charge in [-0.25, -0.2) is 9.97 Å². The Labute approximate surface area is 128 Å². The van der Waals surface area contributed by atoms with Gasteiger partial charge in [0.1, 0.15) is 17.5 Å². The third kappa shape index (κ3) is 5.16. The molecule has 0 bridgehead atoms. The first-order chi connectivity index (χ1) is 9.80. The summed E-state index contributed by atoms with van der Waals surface area (Å²) in [6.45, 7) is 13.5. The summed E-state index contributed by atoms with van der Waals surface area (Å²) in [4.78, 5) is 9.30. The van der Waals surface area contributed by atoms with Crippen LogP contribution in [0.25, 0.3) is 0 Å². The minimum absolute atomic E-state index is 0.155. The molecular weight excluding hydrogens is 264 g/mol. The second-order valence-electron chi connectivity index (χ2n) is 6.47. The Balaban J connectivity index is 3.13. The Bertz CT molecular complexity index is 458. The summed E-state index contributed by atoms with van der Waals surface area (Å²) in [5.41, 5.74) is 0.822. The molecule has 0 unspecified atom stereocenters. The van der Waals surface area contributed by atoms with Gasteiger partial charge >= 0.3 is 0 Å². The van der Waals surface area contributed by atoms with E-state index in [1.807, 2.05) is 6.92 Å². The molecule has 21 heavy (non-hydrogen) atoms. The molecule has 0 spiro atoms. The van der Waals surface area contributed by atoms with Crippen molar-refractivity contribution in [3.8, 4) is 0 Å². The molecule has 0 amide bonds. The Morgan fingerprint density at radius 3 is 2.33 bits per heavy atom. The largest absolute Gasteiger partial charge is 0.396 e. The number of nitrogens with one attached hydrogen (secondary N) is 2. The summed E-state index contributed by atoms with van der Waals surface area (Å²) in [5, 5.41) is 16.0. The van der Waals surface area contributed by atoms with E-state index in [1.54, 1.807) is 0 Å². The van der Waals surface area contributed by atoms with Gasteiger partial charge in [-0.15, -0.1) is 0 Å². The van der Waals surface area contributed by atoms with Crippen molar-refractivity contribution in [2.24, 2.45) is 0 Å². The molecule has 1 aromatic rings. The third-order valence-corrected chi connectivity index (χ3v) is 3.42. The van der Waals surface area contributed by atoms with Gasteiger partial charge in [-0.3, -0.25) is 0 Å². The van der Waals surface area contributed by atoms with Crippen molar-refractivity contribution in [1.82, 2.24) is 9.97 Å². The van der Waals surface area contributed by atoms with Gasteiger partial charge < -0.3 is 15.7 Å². The maximum Gasteiger partial charge on any atom is 0.135 e. The van der Waals surface area contributed by atoms with E-state index in [4.69, 9.17) is 0 Å². The minimum Gasteiger partial charge on any atom is -0.396 e. The lowest BCUT2D eigenvalue weighted by molar-refractivity contribution is 0.260. The quantitative estimate of drug-likeness (QED) is 0.686. The average Bonchev–Trinajstić information content (AvgIpc) is 2.39. The predicted octanol–water partition coefficient (Wildman–Crippen LogP) is 3.30. The monoisotopic (exact) mass is 294 g/mol. The fourth-order valence-electron chi connectivity index (χ4n) is 1.99. The lowest BCUT2D eigenvalue weighted by atomic mass is 10.0. The van der Waals surface area contributed by atoms with Crippen molar-refractivity contribution >= 4 is 11.6 Å². The average molecular weight is 294 g/mol. The molecule has 0 fully saturated rings. The van der Waals surface area contributed by atoms with Crippen LogP contribution < -0.4 is 10.6 Å². The Morgan fingerprint density at radius 2 is 1.81 bits per heavy atom. The van der Waals surface area contributed by atoms with E-state index in [0.29, 0.717) is 6.42 Å². The third-order valence-electron chi connectivity index (χ3n) is 3.42. The van der Waals surface area contributed by atoms with E-state index in [-0.39, 0.29) is 18.1 Å². The van der Waals surface area contributed by atoms with Crippen LogP contribution in [0.4, 0.5) is 11.6 Å². The van der Waals surface area contributed by atoms with Crippen LogP contribution in [0.1, 0.15) is 64.8 Å². The molecule has 0 aliphatic rings. The van der Waals surface area contributed by atoms with Gasteiger partial charge in [0.2, 0.25) is 0 Å². The fraction of sp³-hybridized carbons (Fsp3) is 0.750. The zero-order valence-electron chi connectivity index (χ0n) is 14.2. The molecule has 5 nitrogen and oxygen atoms in total. The van der Waals surface area contributed by atoms with E-state index in [9.17, 15) is 5.11 Å². The highest BCUT2D eigenvalue weighted by Gasteiger charge is 2.21. The molecule has 1 heterocycles. The van der Waals surface area contributed by atoms with E-state index >= 15 is 0 Å². The number of anilines is 2. The summed E-state index contributed by atoms with van der Waals surface area (Å²) in [6, 6.07) is 0. The van der Waals surface area contributed by atoms with Crippen molar-refractivity contribution in [3.63, 3.8) is 0 Å². The van der Waals surface area contributed by atoms with Gasteiger partial charge in [0.25, 0.3) is 0 Å². The molecule has 0 aromatic carbocycles. The molecule has 0 radical (unpaired) electrons. The molecular formula is C16H30N4O. The zero-order chi connectivity index (χ0) is 16.0. The van der Waals surface area contributed by atoms with Gasteiger partial charge in [-0.2, -0.15) is 0 Å². The molecule has 0 aliphatic heterocycles. The molecule has 0 saturated heterocycles. The number of hydrogen-bond acceptors (Lipinski definition) is 5. The SMILES string of the molecule is CCCNc1nc(C(C)C)nc(NC(C)(C)CCO)c1C. The highest BCUT2D eigenvalue weighted by molar-refractivity contribution is 5.58. The van der Waals surface area contributed by atoms with Crippen molar-refractivity contribution in [2.75, 3.05) is 23.8 Å². The van der Waals surface area contributed by atoms with Crippen LogP contribution in [-0.4, -0.2) is 33.8 Å². The molecule has 0 saturated carbocycles. The predicted molar refractivity (Wildman–Crippen MR) is 89.0 cm³/mol. The Hall–Kier alpha value is -1.36. The maximum atomic E-state index is 9.18. The first kappa shape index (κ1) is 17.7. The molecule has 1 aromatic heterocycles. The van der Waals surface area contributed by atoms with Gasteiger partial charge in [0.15, 0.2) is 0 Å². The first-order valence-electron chi connectivity index (χ1n) is 7.82. The lowest BCUT2D eigenvalue weighted by Gasteiger charge is -2.28. The van der Waals surface area contributed by atoms with Crippen molar-refractivity contribution in [3.05, 3.63) is 11.4 Å². The van der Waals surface area contributed by atoms with Crippen LogP contribution >= 0.6 is 0 Å². The van der Waals surface area contributed by atoms with Gasteiger partial charge in [0, 0.05) is 30.2 Å². The van der Waals surface area contributed by atoms with E-state index in [2.05, 4.69) is 55.2 Å². The zero-order valence-corrected chi connectivity index (χ0v) is 14.2. The highest BCUT2D eigenvalue weighted by Crippen LogP contribution is 2.26. The number of aliphatic hydroxyl groups is 1. The number of rotatable bonds is 8. The number of aromatic nitrogens is 2. The highest BCUT2D eigenvalue weighted by atomic mass is 16.3. The molecule has 120 valence electrons. The smallest absolute Gasteiger partial charge is 0.135 e. The second-order valence-corrected chi connectivity index (χ2v) is 6.47. The van der Waals surface area contributed by atoms with Crippen molar-refractivity contribution < 1.29 is 5.11 Å². The van der Waals surface area contributed by atoms with Gasteiger partial charge in [-0.1, -0.05) is 20.8 Å². The van der Waals surface area contributed by atoms with Crippen LogP contribution in [0, 0.1) is 6.92 Å². The first-order valence-corrected chi connectivity index (χ1v) is 7.82. The van der Waals surface area contributed by atoms with Crippen LogP contribution in [0.5, 0.6) is 0 Å². The molecule has 5 heteroatoms. The number of hydrogen-bond donors (Lipinski definition) is 3. The normalized spacial score (nSPS) is 11.8. The molecule has 0 atom stereocenters. The fourth-order valence-corrected chi connectivity index (χ4v) is 1.99. The number of nitrogens with zero attached hydrogens (tertiary/aromatic N) is 2. The van der Waals surface area contributed by atoms with Crippen molar-refractivity contribution in [2.45, 2.75) is 65.8 Å². The van der Waals surface area contributed by atoms with Crippen LogP contribution in [0.2, 0.25) is 0 Å². The molecule has 1 rings (SSSR count). The van der Waals surface area contributed by atoms with Crippen LogP contribution in [0.15, 0.2) is 0 Å². The molecule has 3 N–H and O–H groups in total.